The zero-order chi connectivity index (χ0) is 19.9. The number of rotatable bonds is 7. The van der Waals surface area contributed by atoms with Crippen LogP contribution in [0.1, 0.15) is 30.9 Å². The largest absolute Gasteiger partial charge is 0.435 e. The van der Waals surface area contributed by atoms with Gasteiger partial charge in [-0.25, -0.2) is 0 Å². The van der Waals surface area contributed by atoms with Crippen molar-refractivity contribution in [3.05, 3.63) is 29.8 Å². The molecule has 0 bridgehead atoms. The number of aliphatic hydroxyl groups excluding tert-OH is 1. The van der Waals surface area contributed by atoms with Crippen LogP contribution >= 0.6 is 0 Å². The zero-order valence-electron chi connectivity index (χ0n) is 16.1. The summed E-state index contributed by atoms with van der Waals surface area (Å²) in [5.74, 6) is 0.303. The first-order chi connectivity index (χ1) is 13.5. The fourth-order valence-corrected chi connectivity index (χ4v) is 3.79. The van der Waals surface area contributed by atoms with Crippen LogP contribution in [-0.4, -0.2) is 84.7 Å². The van der Waals surface area contributed by atoms with E-state index in [4.69, 9.17) is 0 Å². The van der Waals surface area contributed by atoms with Crippen LogP contribution in [0.5, 0.6) is 5.75 Å². The van der Waals surface area contributed by atoms with Crippen LogP contribution in [0.3, 0.4) is 0 Å². The number of carbonyl (C=O) groups excluding carboxylic acids is 1. The average molecular weight is 397 g/mol. The van der Waals surface area contributed by atoms with E-state index in [1.165, 1.54) is 18.6 Å². The molecule has 8 heteroatoms. The second-order valence-corrected chi connectivity index (χ2v) is 7.48. The van der Waals surface area contributed by atoms with E-state index in [2.05, 4.69) is 14.5 Å². The highest BCUT2D eigenvalue weighted by atomic mass is 19.3. The highest BCUT2D eigenvalue weighted by Gasteiger charge is 2.24. The van der Waals surface area contributed by atoms with E-state index in [-0.39, 0.29) is 11.7 Å². The number of amides is 1. The van der Waals surface area contributed by atoms with Crippen LogP contribution in [-0.2, 0) is 4.79 Å². The summed E-state index contributed by atoms with van der Waals surface area (Å²) in [4.78, 5) is 18.7. The van der Waals surface area contributed by atoms with Gasteiger partial charge in [-0.3, -0.25) is 14.6 Å². The molecule has 1 N–H and O–H groups in total. The Balaban J connectivity index is 1.40. The molecule has 0 spiro atoms. The van der Waals surface area contributed by atoms with Gasteiger partial charge in [0.05, 0.1) is 12.6 Å². The number of nitrogens with zero attached hydrogens (tertiary/aromatic N) is 3. The molecule has 0 radical (unpaired) electrons. The minimum atomic E-state index is -2.85. The first-order valence-corrected chi connectivity index (χ1v) is 9.96. The summed E-state index contributed by atoms with van der Waals surface area (Å²) in [7, 11) is 0. The van der Waals surface area contributed by atoms with Crippen LogP contribution in [0.2, 0.25) is 0 Å². The van der Waals surface area contributed by atoms with Gasteiger partial charge in [-0.15, -0.1) is 0 Å². The number of halogens is 2. The molecule has 2 heterocycles. The number of aliphatic hydroxyl groups is 1. The Morgan fingerprint density at radius 1 is 0.964 bits per heavy atom. The molecule has 2 aliphatic rings. The number of piperazine rings is 1. The molecule has 156 valence electrons. The number of β-amino-alcohol motifs (C(OH)–C–C–N with tert-alkyl or cyclic N) is 1. The van der Waals surface area contributed by atoms with E-state index >= 15 is 0 Å². The predicted octanol–water partition coefficient (Wildman–Crippen LogP) is 1.95. The lowest BCUT2D eigenvalue weighted by Gasteiger charge is -2.36. The maximum Gasteiger partial charge on any atom is 0.387 e. The van der Waals surface area contributed by atoms with Crippen molar-refractivity contribution in [2.24, 2.45) is 0 Å². The summed E-state index contributed by atoms with van der Waals surface area (Å²) < 4.78 is 28.7. The summed E-state index contributed by atoms with van der Waals surface area (Å²) in [6, 6.07) is 6.09. The molecule has 28 heavy (non-hydrogen) atoms. The molecule has 0 aliphatic carbocycles. The van der Waals surface area contributed by atoms with E-state index < -0.39 is 12.7 Å². The van der Waals surface area contributed by atoms with E-state index in [1.54, 1.807) is 12.1 Å². The summed E-state index contributed by atoms with van der Waals surface area (Å²) in [6.07, 6.45) is 2.73. The molecule has 1 unspecified atom stereocenters. The van der Waals surface area contributed by atoms with E-state index in [1.807, 2.05) is 4.90 Å². The van der Waals surface area contributed by atoms with Crippen LogP contribution in [0.25, 0.3) is 0 Å². The van der Waals surface area contributed by atoms with Crippen LogP contribution in [0, 0.1) is 0 Å². The average Bonchev–Trinajstić information content (AvgIpc) is 2.70. The van der Waals surface area contributed by atoms with Crippen molar-refractivity contribution in [2.75, 3.05) is 52.4 Å². The first-order valence-electron chi connectivity index (χ1n) is 9.96. The fourth-order valence-electron chi connectivity index (χ4n) is 3.79. The Kier molecular flexibility index (Phi) is 7.58. The number of ether oxygens (including phenoxy) is 1. The third-order valence-corrected chi connectivity index (χ3v) is 5.45. The smallest absolute Gasteiger partial charge is 0.387 e. The number of hydrogen-bond acceptors (Lipinski definition) is 5. The topological polar surface area (TPSA) is 56.3 Å². The molecule has 2 fully saturated rings. The van der Waals surface area contributed by atoms with Crippen molar-refractivity contribution >= 4 is 5.91 Å². The number of hydrogen-bond donors (Lipinski definition) is 1. The summed E-state index contributed by atoms with van der Waals surface area (Å²) >= 11 is 0. The standard InChI is InChI=1S/C20H29F2N3O3/c21-20(22)28-17-6-4-16(5-7-17)18(26)14-23-10-12-24(13-11-23)15-19(27)25-8-2-1-3-9-25/h4-7,18,20,26H,1-3,8-15H2. The van der Waals surface area contributed by atoms with Crippen molar-refractivity contribution < 1.29 is 23.4 Å². The summed E-state index contributed by atoms with van der Waals surface area (Å²) in [5, 5.41) is 10.4. The lowest BCUT2D eigenvalue weighted by Crippen LogP contribution is -2.51. The maximum atomic E-state index is 12.4. The van der Waals surface area contributed by atoms with Crippen LogP contribution < -0.4 is 4.74 Å². The summed E-state index contributed by atoms with van der Waals surface area (Å²) in [5.41, 5.74) is 0.671. The molecule has 2 saturated heterocycles. The highest BCUT2D eigenvalue weighted by Crippen LogP contribution is 2.20. The van der Waals surface area contributed by atoms with Gasteiger partial charge in [0.15, 0.2) is 0 Å². The minimum absolute atomic E-state index is 0.0814. The van der Waals surface area contributed by atoms with Gasteiger partial charge < -0.3 is 14.7 Å². The molecule has 1 amide bonds. The molecule has 2 aliphatic heterocycles. The normalized spacial score (nSPS) is 20.4. The van der Waals surface area contributed by atoms with Crippen molar-refractivity contribution in [2.45, 2.75) is 32.0 Å². The Morgan fingerprint density at radius 3 is 2.18 bits per heavy atom. The molecule has 0 saturated carbocycles. The number of alkyl halides is 2. The van der Waals surface area contributed by atoms with Gasteiger partial charge in [0.2, 0.25) is 5.91 Å². The van der Waals surface area contributed by atoms with Crippen molar-refractivity contribution in [1.82, 2.24) is 14.7 Å². The van der Waals surface area contributed by atoms with Crippen molar-refractivity contribution in [3.63, 3.8) is 0 Å². The SMILES string of the molecule is O=C(CN1CCN(CC(O)c2ccc(OC(F)F)cc2)CC1)N1CCCCC1. The second kappa shape index (κ2) is 10.1. The molecule has 3 rings (SSSR count). The van der Waals surface area contributed by atoms with E-state index in [9.17, 15) is 18.7 Å². The van der Waals surface area contributed by atoms with Crippen LogP contribution in [0.4, 0.5) is 8.78 Å². The fraction of sp³-hybridized carbons (Fsp3) is 0.650. The van der Waals surface area contributed by atoms with Gasteiger partial charge in [0.25, 0.3) is 0 Å². The van der Waals surface area contributed by atoms with E-state index in [0.717, 1.165) is 52.1 Å². The molecular weight excluding hydrogens is 368 g/mol. The third-order valence-electron chi connectivity index (χ3n) is 5.45. The van der Waals surface area contributed by atoms with Gasteiger partial charge >= 0.3 is 6.61 Å². The predicted molar refractivity (Wildman–Crippen MR) is 101 cm³/mol. The third kappa shape index (κ3) is 6.12. The molecule has 6 nitrogen and oxygen atoms in total. The lowest BCUT2D eigenvalue weighted by molar-refractivity contribution is -0.133. The molecule has 1 atom stereocenters. The Labute approximate surface area is 164 Å². The first kappa shape index (κ1) is 21.0. The van der Waals surface area contributed by atoms with Gasteiger partial charge in [0.1, 0.15) is 5.75 Å². The number of piperidine rings is 1. The lowest BCUT2D eigenvalue weighted by atomic mass is 10.1. The molecule has 1 aromatic rings. The van der Waals surface area contributed by atoms with Crippen LogP contribution in [0.15, 0.2) is 24.3 Å². The number of carbonyl (C=O) groups is 1. The Morgan fingerprint density at radius 2 is 1.57 bits per heavy atom. The van der Waals surface area contributed by atoms with Crippen molar-refractivity contribution in [3.8, 4) is 5.75 Å². The van der Waals surface area contributed by atoms with Gasteiger partial charge in [-0.2, -0.15) is 8.78 Å². The van der Waals surface area contributed by atoms with Gasteiger partial charge in [-0.05, 0) is 37.0 Å². The minimum Gasteiger partial charge on any atom is -0.435 e. The van der Waals surface area contributed by atoms with Crippen molar-refractivity contribution in [1.29, 1.82) is 0 Å². The molecular formula is C20H29F2N3O3. The van der Waals surface area contributed by atoms with Gasteiger partial charge in [-0.1, -0.05) is 12.1 Å². The Bertz CT molecular complexity index is 616. The molecule has 1 aromatic carbocycles. The monoisotopic (exact) mass is 397 g/mol. The number of benzene rings is 1. The maximum absolute atomic E-state index is 12.4. The molecule has 0 aromatic heterocycles. The van der Waals surface area contributed by atoms with E-state index in [0.29, 0.717) is 18.7 Å². The quantitative estimate of drug-likeness (QED) is 0.762. The Hall–Kier alpha value is -1.77. The number of likely N-dealkylation sites (tertiary alicyclic amines) is 1. The highest BCUT2D eigenvalue weighted by molar-refractivity contribution is 5.78. The summed E-state index contributed by atoms with van der Waals surface area (Å²) in [6.45, 7) is 3.03. The second-order valence-electron chi connectivity index (χ2n) is 7.48. The van der Waals surface area contributed by atoms with Gasteiger partial charge in [0, 0.05) is 45.8 Å². The zero-order valence-corrected chi connectivity index (χ0v) is 16.1.